The third kappa shape index (κ3) is 2.77. The molecule has 2 aromatic heterocycles. The molecular formula is C12H14ClN3O. The average Bonchev–Trinajstić information content (AvgIpc) is 2.72. The summed E-state index contributed by atoms with van der Waals surface area (Å²) in [5.74, 6) is 0.668. The highest BCUT2D eigenvalue weighted by Gasteiger charge is 2.18. The molecular weight excluding hydrogens is 238 g/mol. The van der Waals surface area contributed by atoms with Gasteiger partial charge in [-0.3, -0.25) is 5.32 Å². The molecule has 5 heteroatoms. The van der Waals surface area contributed by atoms with Crippen LogP contribution in [0.25, 0.3) is 0 Å². The molecule has 0 aliphatic heterocycles. The topological polar surface area (TPSA) is 51.0 Å². The maximum atomic E-state index is 6.13. The largest absolute Gasteiger partial charge is 0.432 e. The first-order chi connectivity index (χ1) is 7.97. The Hall–Kier alpha value is -1.55. The Bertz CT molecular complexity index is 503. The number of aromatic nitrogens is 2. The molecule has 17 heavy (non-hydrogen) atoms. The minimum Gasteiger partial charge on any atom is -0.432 e. The molecule has 0 spiro atoms. The van der Waals surface area contributed by atoms with Gasteiger partial charge in [0.15, 0.2) is 0 Å². The maximum absolute atomic E-state index is 6.13. The SMILES string of the molecule is CC(C)(C)c1cc(Nc2ncco2)ncc1Cl. The van der Waals surface area contributed by atoms with E-state index < -0.39 is 0 Å². The van der Waals surface area contributed by atoms with Crippen LogP contribution in [0.4, 0.5) is 11.8 Å². The molecule has 0 aliphatic carbocycles. The first kappa shape index (κ1) is 11.9. The van der Waals surface area contributed by atoms with Crippen molar-refractivity contribution >= 4 is 23.4 Å². The molecule has 2 heterocycles. The molecule has 4 nitrogen and oxygen atoms in total. The zero-order valence-electron chi connectivity index (χ0n) is 9.99. The number of hydrogen-bond donors (Lipinski definition) is 1. The third-order valence-electron chi connectivity index (χ3n) is 2.33. The van der Waals surface area contributed by atoms with E-state index in [9.17, 15) is 0 Å². The van der Waals surface area contributed by atoms with E-state index in [2.05, 4.69) is 36.1 Å². The van der Waals surface area contributed by atoms with Crippen LogP contribution in [0.15, 0.2) is 29.1 Å². The van der Waals surface area contributed by atoms with E-state index in [1.54, 1.807) is 12.4 Å². The van der Waals surface area contributed by atoms with E-state index in [1.165, 1.54) is 6.26 Å². The molecule has 0 fully saturated rings. The Kier molecular flexibility index (Phi) is 3.07. The highest BCUT2D eigenvalue weighted by Crippen LogP contribution is 2.30. The Morgan fingerprint density at radius 2 is 2.06 bits per heavy atom. The molecule has 0 amide bonds. The van der Waals surface area contributed by atoms with Gasteiger partial charge in [0.05, 0.1) is 11.2 Å². The molecule has 0 unspecified atom stereocenters. The zero-order chi connectivity index (χ0) is 12.5. The van der Waals surface area contributed by atoms with Gasteiger partial charge in [0.1, 0.15) is 12.1 Å². The summed E-state index contributed by atoms with van der Waals surface area (Å²) in [6.45, 7) is 6.30. The van der Waals surface area contributed by atoms with Gasteiger partial charge in [-0.25, -0.2) is 9.97 Å². The molecule has 0 atom stereocenters. The standard InChI is InChI=1S/C12H14ClN3O/c1-12(2,3)8-6-10(15-7-9(8)13)16-11-14-4-5-17-11/h4-7H,1-3H3,(H,14,15,16). The van der Waals surface area contributed by atoms with Gasteiger partial charge in [-0.15, -0.1) is 0 Å². The molecule has 1 N–H and O–H groups in total. The van der Waals surface area contributed by atoms with Gasteiger partial charge in [0.25, 0.3) is 6.01 Å². The van der Waals surface area contributed by atoms with Gasteiger partial charge in [-0.1, -0.05) is 32.4 Å². The van der Waals surface area contributed by atoms with E-state index in [-0.39, 0.29) is 5.41 Å². The van der Waals surface area contributed by atoms with Crippen LogP contribution in [0.5, 0.6) is 0 Å². The van der Waals surface area contributed by atoms with Crippen molar-refractivity contribution in [3.8, 4) is 0 Å². The van der Waals surface area contributed by atoms with Gasteiger partial charge in [-0.05, 0) is 17.0 Å². The lowest BCUT2D eigenvalue weighted by atomic mass is 9.87. The summed E-state index contributed by atoms with van der Waals surface area (Å²) in [5, 5.41) is 3.64. The number of hydrogen-bond acceptors (Lipinski definition) is 4. The van der Waals surface area contributed by atoms with Gasteiger partial charge in [0, 0.05) is 6.20 Å². The lowest BCUT2D eigenvalue weighted by molar-refractivity contribution is 0.576. The van der Waals surface area contributed by atoms with Crippen molar-refractivity contribution in [1.29, 1.82) is 0 Å². The lowest BCUT2D eigenvalue weighted by Gasteiger charge is -2.20. The molecule has 0 bridgehead atoms. The molecule has 2 aromatic rings. The minimum atomic E-state index is -0.0347. The Morgan fingerprint density at radius 1 is 1.29 bits per heavy atom. The third-order valence-corrected chi connectivity index (χ3v) is 2.63. The lowest BCUT2D eigenvalue weighted by Crippen LogP contribution is -2.12. The second-order valence-electron chi connectivity index (χ2n) is 4.76. The molecule has 0 aliphatic rings. The van der Waals surface area contributed by atoms with E-state index in [4.69, 9.17) is 16.0 Å². The van der Waals surface area contributed by atoms with E-state index in [0.717, 1.165) is 5.56 Å². The number of nitrogens with zero attached hydrogens (tertiary/aromatic N) is 2. The Balaban J connectivity index is 2.31. The average molecular weight is 252 g/mol. The Labute approximate surface area is 105 Å². The predicted molar refractivity (Wildman–Crippen MR) is 67.7 cm³/mol. The van der Waals surface area contributed by atoms with Gasteiger partial charge < -0.3 is 4.42 Å². The van der Waals surface area contributed by atoms with Crippen LogP contribution in [0.2, 0.25) is 5.02 Å². The van der Waals surface area contributed by atoms with Crippen molar-refractivity contribution in [3.05, 3.63) is 35.3 Å². The van der Waals surface area contributed by atoms with Crippen molar-refractivity contribution in [2.24, 2.45) is 0 Å². The van der Waals surface area contributed by atoms with Crippen LogP contribution in [0.3, 0.4) is 0 Å². The highest BCUT2D eigenvalue weighted by molar-refractivity contribution is 6.31. The number of anilines is 2. The summed E-state index contributed by atoms with van der Waals surface area (Å²) < 4.78 is 5.10. The second-order valence-corrected chi connectivity index (χ2v) is 5.17. The van der Waals surface area contributed by atoms with Gasteiger partial charge in [-0.2, -0.15) is 0 Å². The molecule has 0 radical (unpaired) electrons. The van der Waals surface area contributed by atoms with Crippen molar-refractivity contribution in [2.45, 2.75) is 26.2 Å². The maximum Gasteiger partial charge on any atom is 0.300 e. The molecule has 0 saturated heterocycles. The van der Waals surface area contributed by atoms with Crippen LogP contribution in [-0.2, 0) is 5.41 Å². The van der Waals surface area contributed by atoms with Crippen LogP contribution in [-0.4, -0.2) is 9.97 Å². The van der Waals surface area contributed by atoms with Gasteiger partial charge >= 0.3 is 0 Å². The first-order valence-corrected chi connectivity index (χ1v) is 5.67. The fraction of sp³-hybridized carbons (Fsp3) is 0.333. The fourth-order valence-electron chi connectivity index (χ4n) is 1.48. The summed E-state index contributed by atoms with van der Waals surface area (Å²) in [7, 11) is 0. The van der Waals surface area contributed by atoms with E-state index in [0.29, 0.717) is 16.9 Å². The smallest absolute Gasteiger partial charge is 0.300 e. The van der Waals surface area contributed by atoms with Crippen molar-refractivity contribution in [3.63, 3.8) is 0 Å². The van der Waals surface area contributed by atoms with Gasteiger partial charge in [0.2, 0.25) is 0 Å². The second kappa shape index (κ2) is 4.37. The number of halogens is 1. The van der Waals surface area contributed by atoms with E-state index >= 15 is 0 Å². The van der Waals surface area contributed by atoms with E-state index in [1.807, 2.05) is 6.07 Å². The van der Waals surface area contributed by atoms with Crippen LogP contribution in [0.1, 0.15) is 26.3 Å². The summed E-state index contributed by atoms with van der Waals surface area (Å²) in [5.41, 5.74) is 0.996. The Morgan fingerprint density at radius 3 is 2.65 bits per heavy atom. The number of rotatable bonds is 2. The fourth-order valence-corrected chi connectivity index (χ4v) is 1.86. The van der Waals surface area contributed by atoms with Crippen LogP contribution in [0, 0.1) is 0 Å². The molecule has 0 saturated carbocycles. The monoisotopic (exact) mass is 251 g/mol. The number of nitrogens with one attached hydrogen (secondary N) is 1. The molecule has 2 rings (SSSR count). The minimum absolute atomic E-state index is 0.0347. The van der Waals surface area contributed by atoms with Crippen molar-refractivity contribution < 1.29 is 4.42 Å². The first-order valence-electron chi connectivity index (χ1n) is 5.29. The normalized spacial score (nSPS) is 11.5. The predicted octanol–water partition coefficient (Wildman–Crippen LogP) is 3.76. The zero-order valence-corrected chi connectivity index (χ0v) is 10.7. The summed E-state index contributed by atoms with van der Waals surface area (Å²) >= 11 is 6.13. The number of pyridine rings is 1. The summed E-state index contributed by atoms with van der Waals surface area (Å²) in [6, 6.07) is 2.33. The molecule has 90 valence electrons. The number of oxazole rings is 1. The molecule has 0 aromatic carbocycles. The summed E-state index contributed by atoms with van der Waals surface area (Å²) in [4.78, 5) is 8.16. The highest BCUT2D eigenvalue weighted by atomic mass is 35.5. The van der Waals surface area contributed by atoms with Crippen molar-refractivity contribution in [1.82, 2.24) is 9.97 Å². The van der Waals surface area contributed by atoms with Crippen molar-refractivity contribution in [2.75, 3.05) is 5.32 Å². The van der Waals surface area contributed by atoms with Crippen LogP contribution >= 0.6 is 11.6 Å². The van der Waals surface area contributed by atoms with Crippen LogP contribution < -0.4 is 5.32 Å². The quantitative estimate of drug-likeness (QED) is 0.883. The summed E-state index contributed by atoms with van der Waals surface area (Å²) in [6.07, 6.45) is 4.71.